The second-order valence-electron chi connectivity index (χ2n) is 9.59. The first kappa shape index (κ1) is 28.8. The Kier molecular flexibility index (Phi) is 9.56. The third kappa shape index (κ3) is 5.69. The Morgan fingerprint density at radius 3 is 1.08 bits per heavy atom. The number of anilines is 4. The predicted molar refractivity (Wildman–Crippen MR) is 161 cm³/mol. The summed E-state index contributed by atoms with van der Waals surface area (Å²) in [6.45, 7) is 8.43. The molecule has 0 aliphatic heterocycles. The molecule has 0 unspecified atom stereocenters. The van der Waals surface area contributed by atoms with E-state index in [0.29, 0.717) is 0 Å². The van der Waals surface area contributed by atoms with Crippen LogP contribution in [0.15, 0.2) is 60.7 Å². The molecule has 0 aromatic heterocycles. The quantitative estimate of drug-likeness (QED) is 0.316. The zero-order valence-corrected chi connectivity index (χ0v) is 24.2. The van der Waals surface area contributed by atoms with E-state index in [0.717, 1.165) is 70.7 Å². The number of hydrogen-bond donors (Lipinski definition) is 0. The molecule has 202 valence electrons. The van der Waals surface area contributed by atoms with Crippen LogP contribution in [0.25, 0.3) is 0 Å². The Balaban J connectivity index is 1.88. The Hall–Kier alpha value is -3.80. The topological polar surface area (TPSA) is 47.1 Å². The summed E-state index contributed by atoms with van der Waals surface area (Å²) in [5.41, 5.74) is 7.98. The Morgan fingerprint density at radius 2 is 0.789 bits per heavy atom. The molecule has 0 N–H and O–H groups in total. The van der Waals surface area contributed by atoms with Gasteiger partial charge < -0.3 is 0 Å². The van der Waals surface area contributed by atoms with Crippen molar-refractivity contribution in [1.29, 1.82) is 0 Å². The van der Waals surface area contributed by atoms with Crippen LogP contribution in [0.2, 0.25) is 0 Å². The number of carbonyl (C=O) groups excluding carboxylic acids is 2. The monoisotopic (exact) mass is 514 g/mol. The van der Waals surface area contributed by atoms with Crippen molar-refractivity contribution in [2.45, 2.75) is 53.4 Å². The third-order valence-corrected chi connectivity index (χ3v) is 7.35. The zero-order valence-electron chi connectivity index (χ0n) is 24.2. The number of urea groups is 2. The van der Waals surface area contributed by atoms with Crippen molar-refractivity contribution in [2.75, 3.05) is 47.8 Å². The number of nitrogens with zero attached hydrogens (tertiary/aromatic N) is 4. The number of carbonyl (C=O) groups is 2. The molecular formula is C32H42N4O2. The lowest BCUT2D eigenvalue weighted by molar-refractivity contribution is 0.253. The van der Waals surface area contributed by atoms with E-state index in [2.05, 4.69) is 64.1 Å². The molecule has 6 nitrogen and oxygen atoms in total. The van der Waals surface area contributed by atoms with Gasteiger partial charge in [-0.1, -0.05) is 70.2 Å². The Labute approximate surface area is 228 Å². The highest BCUT2D eigenvalue weighted by atomic mass is 16.2. The van der Waals surface area contributed by atoms with Gasteiger partial charge in [-0.05, 0) is 66.1 Å². The minimum Gasteiger partial charge on any atom is -0.297 e. The standard InChI is InChI=1S/C32H42N4O2/c1-9-23-16-13-17-24(10-2)29(23)35(7)31(37)33(5)27-20-15-21-28(22-27)34(6)32(38)36(8)30-25(11-3)18-14-19-26(30)12-4/h13-22H,9-12H2,1-8H3. The van der Waals surface area contributed by atoms with Gasteiger partial charge in [0.2, 0.25) is 0 Å². The van der Waals surface area contributed by atoms with Crippen molar-refractivity contribution in [1.82, 2.24) is 0 Å². The zero-order chi connectivity index (χ0) is 28.0. The Bertz CT molecular complexity index is 1150. The molecule has 3 rings (SSSR count). The lowest BCUT2D eigenvalue weighted by atomic mass is 10.0. The van der Waals surface area contributed by atoms with Crippen LogP contribution in [0.3, 0.4) is 0 Å². The fourth-order valence-corrected chi connectivity index (χ4v) is 5.06. The average Bonchev–Trinajstić information content (AvgIpc) is 2.97. The van der Waals surface area contributed by atoms with E-state index in [4.69, 9.17) is 0 Å². The molecule has 3 aromatic rings. The number of hydrogen-bond acceptors (Lipinski definition) is 2. The fourth-order valence-electron chi connectivity index (χ4n) is 5.06. The summed E-state index contributed by atoms with van der Waals surface area (Å²) < 4.78 is 0. The number of rotatable bonds is 8. The predicted octanol–water partition coefficient (Wildman–Crippen LogP) is 7.32. The average molecular weight is 515 g/mol. The molecule has 4 amide bonds. The van der Waals surface area contributed by atoms with Crippen LogP contribution in [0.5, 0.6) is 0 Å². The molecule has 0 bridgehead atoms. The summed E-state index contributed by atoms with van der Waals surface area (Å²) in [7, 11) is 7.21. The molecule has 6 heteroatoms. The lowest BCUT2D eigenvalue weighted by Gasteiger charge is -2.30. The van der Waals surface area contributed by atoms with E-state index in [1.807, 2.05) is 38.4 Å². The largest absolute Gasteiger partial charge is 0.328 e. The van der Waals surface area contributed by atoms with Gasteiger partial charge in [0, 0.05) is 39.6 Å². The SMILES string of the molecule is CCc1cccc(CC)c1N(C)C(=O)N(C)c1cccc(N(C)C(=O)N(C)c2c(CC)cccc2CC)c1. The van der Waals surface area contributed by atoms with Gasteiger partial charge in [-0.25, -0.2) is 9.59 Å². The normalized spacial score (nSPS) is 10.7. The molecule has 0 aliphatic rings. The van der Waals surface area contributed by atoms with Gasteiger partial charge in [-0.3, -0.25) is 19.6 Å². The molecule has 0 heterocycles. The summed E-state index contributed by atoms with van der Waals surface area (Å²) in [5, 5.41) is 0. The first-order valence-electron chi connectivity index (χ1n) is 13.5. The van der Waals surface area contributed by atoms with Crippen LogP contribution < -0.4 is 19.6 Å². The van der Waals surface area contributed by atoms with E-state index in [-0.39, 0.29) is 12.1 Å². The summed E-state index contributed by atoms with van der Waals surface area (Å²) in [5.74, 6) is 0. The van der Waals surface area contributed by atoms with Crippen molar-refractivity contribution in [3.63, 3.8) is 0 Å². The van der Waals surface area contributed by atoms with Crippen molar-refractivity contribution < 1.29 is 9.59 Å². The summed E-state index contributed by atoms with van der Waals surface area (Å²) in [6, 6.07) is 19.7. The lowest BCUT2D eigenvalue weighted by Crippen LogP contribution is -2.41. The highest BCUT2D eigenvalue weighted by Gasteiger charge is 2.24. The van der Waals surface area contributed by atoms with Gasteiger partial charge in [0.25, 0.3) is 0 Å². The summed E-state index contributed by atoms with van der Waals surface area (Å²) in [6.07, 6.45) is 3.39. The molecule has 0 saturated heterocycles. The molecule has 0 radical (unpaired) electrons. The summed E-state index contributed by atoms with van der Waals surface area (Å²) >= 11 is 0. The number of benzene rings is 3. The fraction of sp³-hybridized carbons (Fsp3) is 0.375. The Morgan fingerprint density at radius 1 is 0.500 bits per heavy atom. The van der Waals surface area contributed by atoms with E-state index in [1.165, 1.54) is 0 Å². The summed E-state index contributed by atoms with van der Waals surface area (Å²) in [4.78, 5) is 33.9. The number of aryl methyl sites for hydroxylation is 4. The van der Waals surface area contributed by atoms with E-state index in [1.54, 1.807) is 33.7 Å². The van der Waals surface area contributed by atoms with Crippen LogP contribution in [-0.4, -0.2) is 40.3 Å². The maximum atomic E-state index is 13.6. The number of para-hydroxylation sites is 2. The molecule has 0 fully saturated rings. The van der Waals surface area contributed by atoms with Crippen LogP contribution in [0.4, 0.5) is 32.3 Å². The molecule has 0 aliphatic carbocycles. The minimum atomic E-state index is -0.131. The van der Waals surface area contributed by atoms with Crippen molar-refractivity contribution >= 4 is 34.8 Å². The first-order chi connectivity index (χ1) is 18.2. The maximum absolute atomic E-state index is 13.6. The molecule has 3 aromatic carbocycles. The second kappa shape index (κ2) is 12.6. The molecule has 0 saturated carbocycles. The number of amides is 4. The van der Waals surface area contributed by atoms with Crippen molar-refractivity contribution in [2.24, 2.45) is 0 Å². The third-order valence-electron chi connectivity index (χ3n) is 7.35. The highest BCUT2D eigenvalue weighted by Crippen LogP contribution is 2.30. The highest BCUT2D eigenvalue weighted by molar-refractivity contribution is 6.06. The van der Waals surface area contributed by atoms with Crippen LogP contribution >= 0.6 is 0 Å². The minimum absolute atomic E-state index is 0.131. The van der Waals surface area contributed by atoms with Crippen LogP contribution in [0.1, 0.15) is 49.9 Å². The molecular weight excluding hydrogens is 472 g/mol. The van der Waals surface area contributed by atoms with Gasteiger partial charge in [-0.2, -0.15) is 0 Å². The van der Waals surface area contributed by atoms with Gasteiger partial charge in [0.15, 0.2) is 0 Å². The van der Waals surface area contributed by atoms with E-state index < -0.39 is 0 Å². The van der Waals surface area contributed by atoms with Gasteiger partial charge in [-0.15, -0.1) is 0 Å². The van der Waals surface area contributed by atoms with Gasteiger partial charge >= 0.3 is 12.1 Å². The smallest absolute Gasteiger partial charge is 0.297 e. The van der Waals surface area contributed by atoms with Crippen molar-refractivity contribution in [3.05, 3.63) is 82.9 Å². The van der Waals surface area contributed by atoms with Crippen LogP contribution in [-0.2, 0) is 25.7 Å². The van der Waals surface area contributed by atoms with Gasteiger partial charge in [0.05, 0.1) is 11.4 Å². The maximum Gasteiger partial charge on any atom is 0.328 e. The van der Waals surface area contributed by atoms with E-state index in [9.17, 15) is 9.59 Å². The second-order valence-corrected chi connectivity index (χ2v) is 9.59. The van der Waals surface area contributed by atoms with Crippen LogP contribution in [0, 0.1) is 0 Å². The van der Waals surface area contributed by atoms with Gasteiger partial charge in [0.1, 0.15) is 0 Å². The molecule has 0 spiro atoms. The molecule has 38 heavy (non-hydrogen) atoms. The first-order valence-corrected chi connectivity index (χ1v) is 13.5. The molecule has 0 atom stereocenters. The van der Waals surface area contributed by atoms with Crippen molar-refractivity contribution in [3.8, 4) is 0 Å². The van der Waals surface area contributed by atoms with E-state index >= 15 is 0 Å².